The van der Waals surface area contributed by atoms with Crippen LogP contribution in [0.2, 0.25) is 0 Å². The van der Waals surface area contributed by atoms with E-state index in [1.807, 2.05) is 60.9 Å². The van der Waals surface area contributed by atoms with E-state index >= 15 is 0 Å². The number of aromatic nitrogens is 4. The molecule has 0 bridgehead atoms. The highest BCUT2D eigenvalue weighted by Crippen LogP contribution is 2.46. The van der Waals surface area contributed by atoms with Gasteiger partial charge in [0.05, 0.1) is 11.4 Å². The molecule has 18 aromatic rings. The molecule has 0 saturated heterocycles. The minimum Gasteiger partial charge on any atom is -0.436 e. The molecular formula is C84H52N4O2. The van der Waals surface area contributed by atoms with E-state index in [4.69, 9.17) is 28.8 Å². The van der Waals surface area contributed by atoms with Gasteiger partial charge in [-0.05, 0) is 165 Å². The van der Waals surface area contributed by atoms with E-state index < -0.39 is 0 Å². The summed E-state index contributed by atoms with van der Waals surface area (Å²) in [5.41, 5.74) is 18.8. The van der Waals surface area contributed by atoms with E-state index in [1.165, 1.54) is 86.9 Å². The van der Waals surface area contributed by atoms with Crippen molar-refractivity contribution in [3.63, 3.8) is 0 Å². The van der Waals surface area contributed by atoms with Crippen LogP contribution in [-0.2, 0) is 0 Å². The first-order valence-corrected chi connectivity index (χ1v) is 30.3. The molecule has 420 valence electrons. The van der Waals surface area contributed by atoms with Crippen LogP contribution in [0.1, 0.15) is 0 Å². The number of para-hydroxylation sites is 4. The third-order valence-electron chi connectivity index (χ3n) is 17.5. The molecule has 0 unspecified atom stereocenters. The fourth-order valence-corrected chi connectivity index (χ4v) is 13.3. The summed E-state index contributed by atoms with van der Waals surface area (Å²) in [6.45, 7) is 0. The van der Waals surface area contributed by atoms with Gasteiger partial charge < -0.3 is 8.83 Å². The molecule has 0 amide bonds. The summed E-state index contributed by atoms with van der Waals surface area (Å²) < 4.78 is 12.1. The molecule has 0 spiro atoms. The fraction of sp³-hybridized carbons (Fsp3) is 0. The Morgan fingerprint density at radius 1 is 0.222 bits per heavy atom. The zero-order chi connectivity index (χ0) is 59.5. The van der Waals surface area contributed by atoms with Crippen LogP contribution >= 0.6 is 0 Å². The van der Waals surface area contributed by atoms with Crippen molar-refractivity contribution >= 4 is 86.8 Å². The fourth-order valence-electron chi connectivity index (χ4n) is 13.3. The summed E-state index contributed by atoms with van der Waals surface area (Å²) in [6.07, 6.45) is 4.05. The molecule has 0 fully saturated rings. The van der Waals surface area contributed by atoms with Crippen LogP contribution in [0.4, 0.5) is 0 Å². The molecular weight excluding hydrogens is 1100 g/mol. The van der Waals surface area contributed by atoms with Gasteiger partial charge in [0.15, 0.2) is 11.2 Å². The van der Waals surface area contributed by atoms with Gasteiger partial charge in [0, 0.05) is 45.8 Å². The van der Waals surface area contributed by atoms with Gasteiger partial charge in [0.1, 0.15) is 11.0 Å². The highest BCUT2D eigenvalue weighted by molar-refractivity contribution is 6.23. The SMILES string of the molecule is c1ccc2c(-c3ccc(-c4c5ccccc5c(-c5ccc(-c6nc7ccccc7o6)cc5)c5ccccc45)cn3)cccc2c1.c1ccc2cc(-c3ccc(-c4c5ccccc5c(-c5ccc(-c6nc7ccccc7o6)cc5)c5ccccc45)cn3)ccc2c1. The smallest absolute Gasteiger partial charge is 0.227 e. The quantitative estimate of drug-likeness (QED) is 0.141. The van der Waals surface area contributed by atoms with Crippen molar-refractivity contribution in [1.29, 1.82) is 0 Å². The van der Waals surface area contributed by atoms with Gasteiger partial charge in [0.25, 0.3) is 0 Å². The molecule has 6 nitrogen and oxygen atoms in total. The average Bonchev–Trinajstić information content (AvgIpc) is 0.951. The first kappa shape index (κ1) is 52.2. The Morgan fingerprint density at radius 3 is 1.01 bits per heavy atom. The van der Waals surface area contributed by atoms with Gasteiger partial charge in [0.2, 0.25) is 11.8 Å². The summed E-state index contributed by atoms with van der Waals surface area (Å²) in [6, 6.07) is 106. The summed E-state index contributed by atoms with van der Waals surface area (Å²) in [7, 11) is 0. The van der Waals surface area contributed by atoms with E-state index in [9.17, 15) is 0 Å². The summed E-state index contributed by atoms with van der Waals surface area (Å²) in [5, 5.41) is 14.5. The normalized spacial score (nSPS) is 11.6. The minimum atomic E-state index is 0.632. The van der Waals surface area contributed by atoms with Crippen LogP contribution in [0.5, 0.6) is 0 Å². The largest absolute Gasteiger partial charge is 0.436 e. The highest BCUT2D eigenvalue weighted by Gasteiger charge is 2.21. The molecule has 0 atom stereocenters. The molecule has 4 heterocycles. The van der Waals surface area contributed by atoms with E-state index in [-0.39, 0.29) is 0 Å². The topological polar surface area (TPSA) is 77.8 Å². The number of fused-ring (bicyclic) bond motifs is 8. The Bertz CT molecular complexity index is 5580. The molecule has 0 aliphatic heterocycles. The Labute approximate surface area is 518 Å². The third-order valence-corrected chi connectivity index (χ3v) is 17.5. The second kappa shape index (κ2) is 22.0. The Kier molecular flexibility index (Phi) is 12.8. The maximum Gasteiger partial charge on any atom is 0.227 e. The van der Waals surface area contributed by atoms with Gasteiger partial charge in [-0.1, -0.05) is 237 Å². The lowest BCUT2D eigenvalue weighted by Gasteiger charge is -2.18. The Hall–Kier alpha value is -12.1. The van der Waals surface area contributed by atoms with Crippen LogP contribution in [-0.4, -0.2) is 19.9 Å². The third kappa shape index (κ3) is 9.21. The van der Waals surface area contributed by atoms with E-state index in [0.717, 1.165) is 78.1 Å². The lowest BCUT2D eigenvalue weighted by Crippen LogP contribution is -1.92. The summed E-state index contributed by atoms with van der Waals surface area (Å²) >= 11 is 0. The first-order valence-electron chi connectivity index (χ1n) is 30.3. The predicted octanol–water partition coefficient (Wildman–Crippen LogP) is 22.7. The molecule has 18 rings (SSSR count). The minimum absolute atomic E-state index is 0.632. The average molecular weight is 1150 g/mol. The molecule has 4 aromatic heterocycles. The second-order valence-corrected chi connectivity index (χ2v) is 22.8. The zero-order valence-corrected chi connectivity index (χ0v) is 48.6. The lowest BCUT2D eigenvalue weighted by atomic mass is 9.86. The molecule has 0 radical (unpaired) electrons. The maximum atomic E-state index is 6.05. The van der Waals surface area contributed by atoms with Crippen molar-refractivity contribution in [3.8, 4) is 89.9 Å². The van der Waals surface area contributed by atoms with E-state index in [2.05, 4.69) is 255 Å². The molecule has 0 N–H and O–H groups in total. The highest BCUT2D eigenvalue weighted by atomic mass is 16.4. The van der Waals surface area contributed by atoms with Crippen LogP contribution in [0, 0.1) is 0 Å². The molecule has 0 aliphatic carbocycles. The molecule has 6 heteroatoms. The molecule has 0 saturated carbocycles. The number of pyridine rings is 2. The van der Waals surface area contributed by atoms with Gasteiger partial charge >= 0.3 is 0 Å². The van der Waals surface area contributed by atoms with Crippen molar-refractivity contribution in [2.24, 2.45) is 0 Å². The van der Waals surface area contributed by atoms with Crippen LogP contribution in [0.25, 0.3) is 177 Å². The maximum absolute atomic E-state index is 6.05. The summed E-state index contributed by atoms with van der Waals surface area (Å²) in [5.74, 6) is 1.26. The van der Waals surface area contributed by atoms with Gasteiger partial charge in [-0.25, -0.2) is 9.97 Å². The van der Waals surface area contributed by atoms with E-state index in [0.29, 0.717) is 11.8 Å². The second-order valence-electron chi connectivity index (χ2n) is 22.8. The van der Waals surface area contributed by atoms with E-state index in [1.54, 1.807) is 0 Å². The summed E-state index contributed by atoms with van der Waals surface area (Å²) in [4.78, 5) is 19.4. The Morgan fingerprint density at radius 2 is 0.567 bits per heavy atom. The molecule has 14 aromatic carbocycles. The number of hydrogen-bond donors (Lipinski definition) is 0. The van der Waals surface area contributed by atoms with Crippen molar-refractivity contribution in [2.75, 3.05) is 0 Å². The predicted molar refractivity (Wildman–Crippen MR) is 372 cm³/mol. The molecule has 0 aliphatic rings. The number of nitrogens with zero attached hydrogens (tertiary/aromatic N) is 4. The van der Waals surface area contributed by atoms with Gasteiger partial charge in [-0.2, -0.15) is 0 Å². The lowest BCUT2D eigenvalue weighted by molar-refractivity contribution is 0.619. The first-order chi connectivity index (χ1) is 44.6. The zero-order valence-electron chi connectivity index (χ0n) is 48.6. The van der Waals surface area contributed by atoms with Gasteiger partial charge in [-0.15, -0.1) is 0 Å². The van der Waals surface area contributed by atoms with Crippen molar-refractivity contribution in [1.82, 2.24) is 19.9 Å². The van der Waals surface area contributed by atoms with Crippen molar-refractivity contribution in [2.45, 2.75) is 0 Å². The van der Waals surface area contributed by atoms with Gasteiger partial charge in [-0.3, -0.25) is 9.97 Å². The number of oxazole rings is 2. The standard InChI is InChI=1S/2C42H26N2O/c1-2-12-31-27(10-1)11-9-17-32(31)37-25-24-30(26-43-37)41-35-15-5-3-13-33(35)40(34-14-4-6-16-36(34)41)28-20-22-29(23-21-28)42-44-38-18-7-8-19-39(38)45-42;1-2-10-30-25-31(22-17-27(30)9-1)37-24-23-32(26-43-37)41-35-13-5-3-11-33(35)40(34-12-4-6-14-36(34)41)28-18-20-29(21-19-28)42-44-38-15-7-8-16-39(38)45-42/h2*1-26H. The van der Waals surface area contributed by atoms with Crippen molar-refractivity contribution in [3.05, 3.63) is 316 Å². The number of benzene rings is 14. The molecule has 90 heavy (non-hydrogen) atoms. The van der Waals surface area contributed by atoms with Crippen molar-refractivity contribution < 1.29 is 8.83 Å². The number of rotatable bonds is 8. The number of hydrogen-bond acceptors (Lipinski definition) is 6. The van der Waals surface area contributed by atoms with Crippen LogP contribution in [0.3, 0.4) is 0 Å². The van der Waals surface area contributed by atoms with Crippen LogP contribution < -0.4 is 0 Å². The van der Waals surface area contributed by atoms with Crippen LogP contribution in [0.15, 0.2) is 325 Å². The monoisotopic (exact) mass is 1150 g/mol. The Balaban J connectivity index is 0.000000139.